The van der Waals surface area contributed by atoms with Crippen LogP contribution in [0.2, 0.25) is 10.0 Å². The van der Waals surface area contributed by atoms with Crippen molar-refractivity contribution in [3.05, 3.63) is 117 Å². The summed E-state index contributed by atoms with van der Waals surface area (Å²) in [5.74, 6) is 1.04. The van der Waals surface area contributed by atoms with Crippen LogP contribution in [-0.2, 0) is 16.1 Å². The molecule has 0 unspecified atom stereocenters. The number of para-hydroxylation sites is 1. The number of carbonyl (C=O) groups is 1. The Balaban J connectivity index is 1.60. The number of rotatable bonds is 11. The van der Waals surface area contributed by atoms with Crippen molar-refractivity contribution >= 4 is 62.5 Å². The second-order valence-corrected chi connectivity index (χ2v) is 13.5. The van der Waals surface area contributed by atoms with E-state index in [4.69, 9.17) is 47.1 Å². The van der Waals surface area contributed by atoms with Crippen molar-refractivity contribution in [3.8, 4) is 17.2 Å². The number of fused-ring (bicyclic) bond motifs is 1. The second kappa shape index (κ2) is 15.1. The summed E-state index contributed by atoms with van der Waals surface area (Å²) in [6.07, 6.45) is 1.65. The van der Waals surface area contributed by atoms with E-state index in [0.29, 0.717) is 64.5 Å². The summed E-state index contributed by atoms with van der Waals surface area (Å²) >= 11 is 17.1. The summed E-state index contributed by atoms with van der Waals surface area (Å²) in [7, 11) is 0. The molecule has 12 heteroatoms. The van der Waals surface area contributed by atoms with Gasteiger partial charge in [0, 0.05) is 5.56 Å². The van der Waals surface area contributed by atoms with Crippen molar-refractivity contribution in [3.63, 3.8) is 0 Å². The minimum absolute atomic E-state index is 0.128. The van der Waals surface area contributed by atoms with Crippen LogP contribution in [0.5, 0.6) is 17.2 Å². The zero-order valence-electron chi connectivity index (χ0n) is 26.4. The first-order valence-electron chi connectivity index (χ1n) is 15.0. The molecule has 1 aliphatic rings. The maximum atomic E-state index is 14.2. The number of benzene rings is 3. The van der Waals surface area contributed by atoms with Crippen LogP contribution in [0.15, 0.2) is 80.1 Å². The molecule has 1 atom stereocenters. The molecule has 0 N–H and O–H groups in total. The van der Waals surface area contributed by atoms with Gasteiger partial charge in [0.05, 0.1) is 49.6 Å². The number of aromatic nitrogens is 1. The first-order chi connectivity index (χ1) is 22.5. The standard InChI is InChI=1S/C35H33BrCl2N2O6S/c1-6-43-28-16-22(14-24(36)32(28)45-18-21-12-13-25(37)26(38)15-21)17-29-33(41)40-31(23-10-8-9-11-27(23)46-19(3)4)30(34(42)44-7-2)20(5)39-35(40)47-29/h8-17,19,31H,6-7,18H2,1-5H3/b29-17-/t31-/m1/s1. The predicted octanol–water partition coefficient (Wildman–Crippen LogP) is 7.63. The normalized spacial score (nSPS) is 14.6. The molecule has 246 valence electrons. The van der Waals surface area contributed by atoms with Gasteiger partial charge in [0.2, 0.25) is 0 Å². The third-order valence-corrected chi connectivity index (χ3v) is 9.40. The van der Waals surface area contributed by atoms with Crippen molar-refractivity contribution in [2.45, 2.75) is 53.4 Å². The van der Waals surface area contributed by atoms with Gasteiger partial charge in [0.15, 0.2) is 16.3 Å². The van der Waals surface area contributed by atoms with E-state index >= 15 is 0 Å². The van der Waals surface area contributed by atoms with Crippen LogP contribution in [-0.4, -0.2) is 29.9 Å². The quantitative estimate of drug-likeness (QED) is 0.146. The Labute approximate surface area is 295 Å². The maximum absolute atomic E-state index is 14.2. The first-order valence-corrected chi connectivity index (χ1v) is 17.4. The molecule has 0 saturated carbocycles. The molecule has 2 heterocycles. The van der Waals surface area contributed by atoms with Gasteiger partial charge in [-0.1, -0.05) is 58.8 Å². The van der Waals surface area contributed by atoms with Gasteiger partial charge in [0.1, 0.15) is 18.4 Å². The van der Waals surface area contributed by atoms with Crippen LogP contribution in [0.4, 0.5) is 0 Å². The van der Waals surface area contributed by atoms with Crippen molar-refractivity contribution in [1.82, 2.24) is 4.57 Å². The Morgan fingerprint density at radius 3 is 2.51 bits per heavy atom. The number of ether oxygens (including phenoxy) is 4. The average molecular weight is 761 g/mol. The number of hydrogen-bond donors (Lipinski definition) is 0. The lowest BCUT2D eigenvalue weighted by Crippen LogP contribution is -2.40. The Morgan fingerprint density at radius 1 is 1.04 bits per heavy atom. The fourth-order valence-corrected chi connectivity index (χ4v) is 7.11. The summed E-state index contributed by atoms with van der Waals surface area (Å²) in [5, 5.41) is 0.907. The third kappa shape index (κ3) is 7.62. The van der Waals surface area contributed by atoms with Crippen LogP contribution in [0.1, 0.15) is 57.4 Å². The molecule has 0 bridgehead atoms. The molecule has 4 aromatic rings. The highest BCUT2D eigenvalue weighted by Gasteiger charge is 2.35. The summed E-state index contributed by atoms with van der Waals surface area (Å²) in [6.45, 7) is 10.0. The fraction of sp³-hybridized carbons (Fsp3) is 0.286. The number of nitrogens with zero attached hydrogens (tertiary/aromatic N) is 2. The van der Waals surface area contributed by atoms with Crippen LogP contribution < -0.4 is 29.1 Å². The van der Waals surface area contributed by atoms with E-state index in [1.54, 1.807) is 36.6 Å². The highest BCUT2D eigenvalue weighted by Crippen LogP contribution is 2.39. The largest absolute Gasteiger partial charge is 0.491 e. The average Bonchev–Trinajstić information content (AvgIpc) is 3.31. The van der Waals surface area contributed by atoms with Gasteiger partial charge in [-0.25, -0.2) is 9.79 Å². The van der Waals surface area contributed by atoms with Gasteiger partial charge in [-0.2, -0.15) is 0 Å². The Morgan fingerprint density at radius 2 is 1.81 bits per heavy atom. The van der Waals surface area contributed by atoms with Gasteiger partial charge in [0.25, 0.3) is 5.56 Å². The molecule has 0 saturated heterocycles. The minimum atomic E-state index is -0.801. The molecule has 0 amide bonds. The number of thiazole rings is 1. The zero-order valence-corrected chi connectivity index (χ0v) is 30.3. The van der Waals surface area contributed by atoms with Crippen LogP contribution >= 0.6 is 50.5 Å². The molecule has 0 spiro atoms. The summed E-state index contributed by atoms with van der Waals surface area (Å²) < 4.78 is 26.3. The van der Waals surface area contributed by atoms with E-state index in [-0.39, 0.29) is 30.5 Å². The molecular weight excluding hydrogens is 727 g/mol. The molecule has 0 aliphatic carbocycles. The van der Waals surface area contributed by atoms with E-state index in [9.17, 15) is 9.59 Å². The van der Waals surface area contributed by atoms with E-state index in [1.165, 1.54) is 11.3 Å². The van der Waals surface area contributed by atoms with E-state index in [0.717, 1.165) is 5.56 Å². The number of esters is 1. The molecule has 5 rings (SSSR count). The molecule has 0 fully saturated rings. The lowest BCUT2D eigenvalue weighted by Gasteiger charge is -2.26. The fourth-order valence-electron chi connectivity index (χ4n) is 5.16. The third-order valence-electron chi connectivity index (χ3n) is 7.09. The summed E-state index contributed by atoms with van der Waals surface area (Å²) in [5.41, 5.74) is 2.67. The summed E-state index contributed by atoms with van der Waals surface area (Å²) in [6, 6.07) is 15.6. The second-order valence-electron chi connectivity index (χ2n) is 10.8. The maximum Gasteiger partial charge on any atom is 0.338 e. The predicted molar refractivity (Wildman–Crippen MR) is 189 cm³/mol. The first kappa shape index (κ1) is 34.8. The lowest BCUT2D eigenvalue weighted by molar-refractivity contribution is -0.139. The highest BCUT2D eigenvalue weighted by atomic mass is 79.9. The highest BCUT2D eigenvalue weighted by molar-refractivity contribution is 9.10. The minimum Gasteiger partial charge on any atom is -0.491 e. The van der Waals surface area contributed by atoms with Crippen molar-refractivity contribution in [2.75, 3.05) is 13.2 Å². The molecule has 1 aromatic heterocycles. The SMILES string of the molecule is CCOC(=O)C1=C(C)N=c2s/c(=C\c3cc(Br)c(OCc4ccc(Cl)c(Cl)c4)c(OCC)c3)c(=O)n2[C@@H]1c1ccccc1OC(C)C. The lowest BCUT2D eigenvalue weighted by atomic mass is 9.95. The number of halogens is 3. The van der Waals surface area contributed by atoms with E-state index in [2.05, 4.69) is 15.9 Å². The van der Waals surface area contributed by atoms with Gasteiger partial charge in [-0.3, -0.25) is 9.36 Å². The van der Waals surface area contributed by atoms with Crippen LogP contribution in [0, 0.1) is 0 Å². The Hall–Kier alpha value is -3.57. The molecule has 3 aromatic carbocycles. The smallest absolute Gasteiger partial charge is 0.338 e. The number of hydrogen-bond acceptors (Lipinski definition) is 8. The topological polar surface area (TPSA) is 88.4 Å². The van der Waals surface area contributed by atoms with Gasteiger partial charge in [-0.15, -0.1) is 0 Å². The van der Waals surface area contributed by atoms with Crippen molar-refractivity contribution in [1.29, 1.82) is 0 Å². The Bertz CT molecular complexity index is 2040. The van der Waals surface area contributed by atoms with E-state index < -0.39 is 12.0 Å². The number of carbonyl (C=O) groups excluding carboxylic acids is 1. The van der Waals surface area contributed by atoms with Gasteiger partial charge in [-0.05, 0) is 98.1 Å². The molecule has 1 aliphatic heterocycles. The number of allylic oxidation sites excluding steroid dienone is 1. The molecular formula is C35H33BrCl2N2O6S. The molecule has 0 radical (unpaired) electrons. The van der Waals surface area contributed by atoms with Gasteiger partial charge < -0.3 is 18.9 Å². The van der Waals surface area contributed by atoms with Crippen molar-refractivity contribution in [2.24, 2.45) is 4.99 Å². The molecule has 8 nitrogen and oxygen atoms in total. The van der Waals surface area contributed by atoms with Crippen LogP contribution in [0.3, 0.4) is 0 Å². The van der Waals surface area contributed by atoms with Crippen molar-refractivity contribution < 1.29 is 23.7 Å². The Kier molecular flexibility index (Phi) is 11.2. The monoisotopic (exact) mass is 758 g/mol. The van der Waals surface area contributed by atoms with E-state index in [1.807, 2.05) is 63.2 Å². The summed E-state index contributed by atoms with van der Waals surface area (Å²) in [4.78, 5) is 32.7. The molecule has 47 heavy (non-hydrogen) atoms. The zero-order chi connectivity index (χ0) is 33.8. The van der Waals surface area contributed by atoms with Gasteiger partial charge >= 0.3 is 5.97 Å². The van der Waals surface area contributed by atoms with Crippen LogP contribution in [0.25, 0.3) is 6.08 Å².